The Bertz CT molecular complexity index is 907. The summed E-state index contributed by atoms with van der Waals surface area (Å²) in [7, 11) is 1.63. The van der Waals surface area contributed by atoms with Gasteiger partial charge in [-0.25, -0.2) is 0 Å². The summed E-state index contributed by atoms with van der Waals surface area (Å²) in [5.41, 5.74) is 3.73. The average molecular weight is 382 g/mol. The number of benzene rings is 2. The maximum absolute atomic E-state index is 10.8. The van der Waals surface area contributed by atoms with Crippen molar-refractivity contribution in [3.05, 3.63) is 52.1 Å². The van der Waals surface area contributed by atoms with E-state index < -0.39 is 4.92 Å². The summed E-state index contributed by atoms with van der Waals surface area (Å²) in [6.07, 6.45) is 1.05. The van der Waals surface area contributed by atoms with Gasteiger partial charge in [0, 0.05) is 36.0 Å². The molecule has 7 heteroatoms. The fourth-order valence-corrected chi connectivity index (χ4v) is 4.09. The third-order valence-corrected chi connectivity index (χ3v) is 5.34. The first-order valence-corrected chi connectivity index (χ1v) is 9.42. The largest absolute Gasteiger partial charge is 0.494 e. The summed E-state index contributed by atoms with van der Waals surface area (Å²) in [6.45, 7) is 9.85. The van der Waals surface area contributed by atoms with Gasteiger partial charge in [0.15, 0.2) is 0 Å². The van der Waals surface area contributed by atoms with Gasteiger partial charge in [-0.15, -0.1) is 5.11 Å². The summed E-state index contributed by atoms with van der Waals surface area (Å²) in [6, 6.07) is 10.1. The van der Waals surface area contributed by atoms with Gasteiger partial charge in [0.2, 0.25) is 0 Å². The van der Waals surface area contributed by atoms with Crippen LogP contribution in [0.15, 0.2) is 46.6 Å². The Hall–Kier alpha value is -2.96. The lowest BCUT2D eigenvalue weighted by Gasteiger charge is -2.47. The Morgan fingerprint density at radius 2 is 1.93 bits per heavy atom. The summed E-state index contributed by atoms with van der Waals surface area (Å²) in [5, 5.41) is 19.4. The highest BCUT2D eigenvalue weighted by Gasteiger charge is 2.36. The van der Waals surface area contributed by atoms with E-state index in [9.17, 15) is 10.1 Å². The van der Waals surface area contributed by atoms with Crippen LogP contribution < -0.4 is 9.64 Å². The number of methoxy groups -OCH3 is 1. The molecule has 0 N–H and O–H groups in total. The zero-order valence-electron chi connectivity index (χ0n) is 17.0. The highest BCUT2D eigenvalue weighted by molar-refractivity contribution is 5.69. The molecule has 0 amide bonds. The average Bonchev–Trinajstić information content (AvgIpc) is 2.65. The first-order valence-electron chi connectivity index (χ1n) is 9.42. The van der Waals surface area contributed by atoms with Gasteiger partial charge in [0.25, 0.3) is 5.69 Å². The number of azo groups is 1. The van der Waals surface area contributed by atoms with E-state index in [0.717, 1.165) is 13.0 Å². The van der Waals surface area contributed by atoms with Crippen molar-refractivity contribution in [1.29, 1.82) is 0 Å². The molecule has 0 aliphatic carbocycles. The van der Waals surface area contributed by atoms with Crippen LogP contribution >= 0.6 is 0 Å². The van der Waals surface area contributed by atoms with Crippen molar-refractivity contribution >= 4 is 22.7 Å². The Morgan fingerprint density at radius 1 is 1.25 bits per heavy atom. The highest BCUT2D eigenvalue weighted by Crippen LogP contribution is 2.47. The number of nitrogens with zero attached hydrogens (tertiary/aromatic N) is 4. The molecule has 1 aliphatic rings. The molecule has 28 heavy (non-hydrogen) atoms. The molecule has 1 aliphatic heterocycles. The number of non-ortho nitro benzene ring substituents is 1. The van der Waals surface area contributed by atoms with E-state index in [1.807, 2.05) is 12.1 Å². The fraction of sp³-hybridized carbons (Fsp3) is 0.429. The minimum absolute atomic E-state index is 0.0291. The van der Waals surface area contributed by atoms with Gasteiger partial charge in [0.1, 0.15) is 11.4 Å². The Morgan fingerprint density at radius 3 is 2.50 bits per heavy atom. The molecule has 0 saturated carbocycles. The minimum atomic E-state index is -0.435. The Kier molecular flexibility index (Phi) is 5.36. The van der Waals surface area contributed by atoms with Crippen molar-refractivity contribution < 1.29 is 9.66 Å². The van der Waals surface area contributed by atoms with Crippen LogP contribution in [0.25, 0.3) is 0 Å². The topological polar surface area (TPSA) is 80.3 Å². The normalized spacial score (nSPS) is 18.2. The van der Waals surface area contributed by atoms with Crippen molar-refractivity contribution in [3.8, 4) is 5.75 Å². The molecule has 0 radical (unpaired) electrons. The monoisotopic (exact) mass is 382 g/mol. The quantitative estimate of drug-likeness (QED) is 0.354. The van der Waals surface area contributed by atoms with Crippen LogP contribution in [-0.4, -0.2) is 24.1 Å². The van der Waals surface area contributed by atoms with Gasteiger partial charge in [-0.2, -0.15) is 5.11 Å². The lowest BCUT2D eigenvalue weighted by atomic mass is 9.80. The summed E-state index contributed by atoms with van der Waals surface area (Å²) >= 11 is 0. The first kappa shape index (κ1) is 19.8. The molecule has 0 saturated heterocycles. The molecular formula is C21H26N4O3. The molecule has 0 aromatic heterocycles. The first-order chi connectivity index (χ1) is 13.3. The molecule has 1 atom stereocenters. The predicted molar refractivity (Wildman–Crippen MR) is 110 cm³/mol. The van der Waals surface area contributed by atoms with E-state index in [-0.39, 0.29) is 11.2 Å². The molecule has 1 heterocycles. The van der Waals surface area contributed by atoms with Crippen molar-refractivity contribution in [1.82, 2.24) is 0 Å². The number of anilines is 1. The number of hydrogen-bond donors (Lipinski definition) is 0. The van der Waals surface area contributed by atoms with Crippen LogP contribution in [0.1, 0.15) is 45.6 Å². The Labute approximate surface area is 165 Å². The van der Waals surface area contributed by atoms with Crippen molar-refractivity contribution in [2.75, 3.05) is 18.6 Å². The van der Waals surface area contributed by atoms with Crippen LogP contribution in [0.3, 0.4) is 0 Å². The van der Waals surface area contributed by atoms with Crippen LogP contribution in [0.4, 0.5) is 22.7 Å². The van der Waals surface area contributed by atoms with Gasteiger partial charge in [0.05, 0.1) is 17.7 Å². The smallest absolute Gasteiger partial charge is 0.269 e. The predicted octanol–water partition coefficient (Wildman–Crippen LogP) is 6.13. The van der Waals surface area contributed by atoms with Crippen LogP contribution in [0, 0.1) is 10.1 Å². The third-order valence-electron chi connectivity index (χ3n) is 5.34. The molecule has 2 aromatic rings. The van der Waals surface area contributed by atoms with E-state index in [4.69, 9.17) is 4.74 Å². The number of rotatable bonds is 5. The number of nitro benzene ring substituents is 1. The summed E-state index contributed by atoms with van der Waals surface area (Å²) in [4.78, 5) is 12.7. The molecule has 1 unspecified atom stereocenters. The molecule has 7 nitrogen and oxygen atoms in total. The number of ether oxygens (including phenoxy) is 1. The lowest BCUT2D eigenvalue weighted by molar-refractivity contribution is -0.384. The van der Waals surface area contributed by atoms with E-state index in [1.165, 1.54) is 23.4 Å². The maximum atomic E-state index is 10.8. The summed E-state index contributed by atoms with van der Waals surface area (Å²) < 4.78 is 5.58. The number of hydrogen-bond acceptors (Lipinski definition) is 6. The van der Waals surface area contributed by atoms with Crippen molar-refractivity contribution in [2.24, 2.45) is 10.2 Å². The fourth-order valence-electron chi connectivity index (χ4n) is 4.09. The van der Waals surface area contributed by atoms with Crippen LogP contribution in [0.2, 0.25) is 0 Å². The molecule has 0 fully saturated rings. The van der Waals surface area contributed by atoms with Crippen molar-refractivity contribution in [3.63, 3.8) is 0 Å². The second-order valence-corrected chi connectivity index (χ2v) is 7.72. The van der Waals surface area contributed by atoms with Gasteiger partial charge < -0.3 is 9.64 Å². The maximum Gasteiger partial charge on any atom is 0.269 e. The minimum Gasteiger partial charge on any atom is -0.494 e. The molecule has 148 valence electrons. The molecule has 0 bridgehead atoms. The number of nitro groups is 1. The second kappa shape index (κ2) is 7.58. The van der Waals surface area contributed by atoms with Crippen molar-refractivity contribution in [2.45, 2.75) is 45.6 Å². The van der Waals surface area contributed by atoms with E-state index >= 15 is 0 Å². The molecule has 3 rings (SSSR count). The van der Waals surface area contributed by atoms with E-state index in [1.54, 1.807) is 19.2 Å². The molecule has 0 spiro atoms. The van der Waals surface area contributed by atoms with Gasteiger partial charge in [-0.1, -0.05) is 6.92 Å². The number of fused-ring (bicyclic) bond motifs is 1. The van der Waals surface area contributed by atoms with E-state index in [2.05, 4.69) is 42.8 Å². The van der Waals surface area contributed by atoms with E-state index in [0.29, 0.717) is 23.0 Å². The van der Waals surface area contributed by atoms with Gasteiger partial charge in [-0.05, 0) is 56.9 Å². The molecular weight excluding hydrogens is 356 g/mol. The van der Waals surface area contributed by atoms with Crippen LogP contribution in [-0.2, 0) is 0 Å². The zero-order chi connectivity index (χ0) is 20.5. The standard InChI is InChI=1S/C21H26N4O3/c1-6-24-19-12-20(28-5)18(11-17(19)14(2)13-21(24,3)4)23-22-15-7-9-16(10-8-15)25(26)27/h7-12,14H,6,13H2,1-5H3. The van der Waals surface area contributed by atoms with Gasteiger partial charge >= 0.3 is 0 Å². The SMILES string of the molecule is CCN1c2cc(OC)c(N=Nc3ccc([N+](=O)[O-])cc3)cc2C(C)CC1(C)C. The van der Waals surface area contributed by atoms with Crippen LogP contribution in [0.5, 0.6) is 5.75 Å². The third kappa shape index (κ3) is 3.69. The highest BCUT2D eigenvalue weighted by atomic mass is 16.6. The van der Waals surface area contributed by atoms with Gasteiger partial charge in [-0.3, -0.25) is 10.1 Å². The Balaban J connectivity index is 1.98. The lowest BCUT2D eigenvalue weighted by Crippen LogP contribution is -2.48. The second-order valence-electron chi connectivity index (χ2n) is 7.72. The zero-order valence-corrected chi connectivity index (χ0v) is 17.0. The molecule has 2 aromatic carbocycles. The summed E-state index contributed by atoms with van der Waals surface area (Å²) in [5.74, 6) is 1.06.